The van der Waals surface area contributed by atoms with E-state index in [1.165, 1.54) is 6.20 Å². The van der Waals surface area contributed by atoms with E-state index in [-0.39, 0.29) is 0 Å². The monoisotopic (exact) mass is 152 g/mol. The summed E-state index contributed by atoms with van der Waals surface area (Å²) in [7, 11) is 0. The fraction of sp³-hybridized carbons (Fsp3) is 0.375. The molecule has 1 aromatic rings. The van der Waals surface area contributed by atoms with Gasteiger partial charge in [0.05, 0.1) is 6.54 Å². The van der Waals surface area contributed by atoms with Crippen LogP contribution < -0.4 is 10.5 Å². The zero-order valence-electron chi connectivity index (χ0n) is 6.79. The predicted molar refractivity (Wildman–Crippen MR) is 42.8 cm³/mol. The largest absolute Gasteiger partial charge is 0.618 e. The van der Waals surface area contributed by atoms with Crippen molar-refractivity contribution < 1.29 is 4.73 Å². The zero-order chi connectivity index (χ0) is 8.43. The van der Waals surface area contributed by atoms with Gasteiger partial charge in [-0.2, -0.15) is 4.73 Å². The molecule has 0 atom stereocenters. The van der Waals surface area contributed by atoms with Crippen LogP contribution in [0.25, 0.3) is 0 Å². The van der Waals surface area contributed by atoms with Crippen LogP contribution in [0.15, 0.2) is 12.3 Å². The Morgan fingerprint density at radius 1 is 1.55 bits per heavy atom. The van der Waals surface area contributed by atoms with E-state index in [1.807, 2.05) is 19.9 Å². The van der Waals surface area contributed by atoms with Crippen LogP contribution in [0.3, 0.4) is 0 Å². The van der Waals surface area contributed by atoms with Crippen LogP contribution in [0.4, 0.5) is 0 Å². The Morgan fingerprint density at radius 2 is 2.18 bits per heavy atom. The van der Waals surface area contributed by atoms with E-state index in [4.69, 9.17) is 5.73 Å². The third-order valence-corrected chi connectivity index (χ3v) is 1.68. The first-order chi connectivity index (χ1) is 5.15. The van der Waals surface area contributed by atoms with E-state index in [0.717, 1.165) is 15.9 Å². The minimum absolute atomic E-state index is 0.301. The maximum atomic E-state index is 11.1. The molecule has 0 bridgehead atoms. The van der Waals surface area contributed by atoms with Crippen molar-refractivity contribution >= 4 is 0 Å². The topological polar surface area (TPSA) is 53.0 Å². The minimum Gasteiger partial charge on any atom is -0.618 e. The van der Waals surface area contributed by atoms with E-state index in [2.05, 4.69) is 0 Å². The number of rotatable bonds is 1. The van der Waals surface area contributed by atoms with E-state index in [0.29, 0.717) is 12.2 Å². The van der Waals surface area contributed by atoms with E-state index >= 15 is 0 Å². The molecular formula is C8H12N2O. The highest BCUT2D eigenvalue weighted by atomic mass is 16.5. The van der Waals surface area contributed by atoms with Crippen molar-refractivity contribution in [2.24, 2.45) is 5.73 Å². The number of hydrogen-bond acceptors (Lipinski definition) is 2. The number of aromatic nitrogens is 1. The second-order valence-corrected chi connectivity index (χ2v) is 2.68. The summed E-state index contributed by atoms with van der Waals surface area (Å²) >= 11 is 0. The summed E-state index contributed by atoms with van der Waals surface area (Å²) in [5.74, 6) is 0. The van der Waals surface area contributed by atoms with Crippen molar-refractivity contribution in [2.45, 2.75) is 20.4 Å². The third kappa shape index (κ3) is 1.49. The molecule has 0 unspecified atom stereocenters. The van der Waals surface area contributed by atoms with Gasteiger partial charge in [0.2, 0.25) is 5.69 Å². The fourth-order valence-corrected chi connectivity index (χ4v) is 1.15. The average molecular weight is 152 g/mol. The molecule has 3 nitrogen and oxygen atoms in total. The Morgan fingerprint density at radius 3 is 2.64 bits per heavy atom. The number of hydrogen-bond donors (Lipinski definition) is 1. The Hall–Kier alpha value is -1.09. The van der Waals surface area contributed by atoms with Gasteiger partial charge in [0.15, 0.2) is 6.20 Å². The maximum Gasteiger partial charge on any atom is 0.209 e. The van der Waals surface area contributed by atoms with Gasteiger partial charge >= 0.3 is 0 Å². The molecule has 11 heavy (non-hydrogen) atoms. The fourth-order valence-electron chi connectivity index (χ4n) is 1.15. The molecule has 0 aliphatic carbocycles. The summed E-state index contributed by atoms with van der Waals surface area (Å²) in [6.07, 6.45) is 1.54. The molecular weight excluding hydrogens is 140 g/mol. The second kappa shape index (κ2) is 2.88. The molecule has 0 fully saturated rings. The Kier molecular flexibility index (Phi) is 2.10. The van der Waals surface area contributed by atoms with Gasteiger partial charge in [-0.25, -0.2) is 0 Å². The molecule has 2 N–H and O–H groups in total. The van der Waals surface area contributed by atoms with Crippen molar-refractivity contribution in [1.29, 1.82) is 0 Å². The average Bonchev–Trinajstić information content (AvgIpc) is 1.85. The molecule has 1 rings (SSSR count). The lowest BCUT2D eigenvalue weighted by molar-refractivity contribution is -0.614. The van der Waals surface area contributed by atoms with Gasteiger partial charge in [0, 0.05) is 11.1 Å². The third-order valence-electron chi connectivity index (χ3n) is 1.68. The number of pyridine rings is 1. The Balaban J connectivity index is 3.25. The van der Waals surface area contributed by atoms with Crippen LogP contribution in [-0.4, -0.2) is 0 Å². The van der Waals surface area contributed by atoms with Crippen LogP contribution in [-0.2, 0) is 6.54 Å². The van der Waals surface area contributed by atoms with Gasteiger partial charge in [-0.1, -0.05) is 0 Å². The molecule has 0 aliphatic heterocycles. The number of nitrogens with zero attached hydrogens (tertiary/aromatic N) is 1. The molecule has 0 saturated heterocycles. The molecule has 0 aliphatic rings. The maximum absolute atomic E-state index is 11.1. The first-order valence-corrected chi connectivity index (χ1v) is 3.54. The van der Waals surface area contributed by atoms with Crippen LogP contribution in [0, 0.1) is 19.1 Å². The lowest BCUT2D eigenvalue weighted by atomic mass is 10.2. The van der Waals surface area contributed by atoms with Gasteiger partial charge in [-0.05, 0) is 19.9 Å². The number of aryl methyl sites for hydroxylation is 2. The van der Waals surface area contributed by atoms with Gasteiger partial charge in [0.1, 0.15) is 0 Å². The molecule has 0 radical (unpaired) electrons. The summed E-state index contributed by atoms with van der Waals surface area (Å²) in [6, 6.07) is 1.95. The van der Waals surface area contributed by atoms with E-state index in [9.17, 15) is 5.21 Å². The minimum atomic E-state index is 0.301. The molecule has 60 valence electrons. The molecule has 0 spiro atoms. The predicted octanol–water partition coefficient (Wildman–Crippen LogP) is 0.396. The molecule has 3 heteroatoms. The lowest BCUT2D eigenvalue weighted by Crippen LogP contribution is -2.34. The normalized spacial score (nSPS) is 10.1. The summed E-state index contributed by atoms with van der Waals surface area (Å²) in [4.78, 5) is 0. The standard InChI is InChI=1S/C8H12N2O/c1-6-3-7(2)8(4-9)10(11)5-6/h3,5H,4,9H2,1-2H3. The smallest absolute Gasteiger partial charge is 0.209 e. The van der Waals surface area contributed by atoms with Gasteiger partial charge in [-0.3, -0.25) is 0 Å². The molecule has 0 saturated carbocycles. The van der Waals surface area contributed by atoms with Crippen molar-refractivity contribution in [3.8, 4) is 0 Å². The van der Waals surface area contributed by atoms with Crippen LogP contribution in [0.5, 0.6) is 0 Å². The Labute approximate surface area is 66.0 Å². The van der Waals surface area contributed by atoms with Crippen molar-refractivity contribution in [1.82, 2.24) is 0 Å². The SMILES string of the molecule is Cc1cc(C)c(CN)[n+]([O-])c1. The second-order valence-electron chi connectivity index (χ2n) is 2.68. The lowest BCUT2D eigenvalue weighted by Gasteiger charge is -2.05. The highest BCUT2D eigenvalue weighted by molar-refractivity contribution is 5.18. The summed E-state index contributed by atoms with van der Waals surface area (Å²) in [5.41, 5.74) is 7.96. The molecule has 0 aromatic carbocycles. The van der Waals surface area contributed by atoms with Gasteiger partial charge < -0.3 is 10.9 Å². The first-order valence-electron chi connectivity index (χ1n) is 3.54. The van der Waals surface area contributed by atoms with Crippen molar-refractivity contribution in [3.63, 3.8) is 0 Å². The first kappa shape index (κ1) is 8.01. The summed E-state index contributed by atoms with van der Waals surface area (Å²) in [6.45, 7) is 4.08. The zero-order valence-corrected chi connectivity index (χ0v) is 6.79. The molecule has 0 amide bonds. The highest BCUT2D eigenvalue weighted by Crippen LogP contribution is 2.03. The summed E-state index contributed by atoms with van der Waals surface area (Å²) in [5, 5.41) is 11.1. The van der Waals surface area contributed by atoms with E-state index in [1.54, 1.807) is 0 Å². The van der Waals surface area contributed by atoms with Crippen LogP contribution in [0.2, 0.25) is 0 Å². The van der Waals surface area contributed by atoms with E-state index < -0.39 is 0 Å². The van der Waals surface area contributed by atoms with Gasteiger partial charge in [0.25, 0.3) is 0 Å². The van der Waals surface area contributed by atoms with Gasteiger partial charge in [-0.15, -0.1) is 0 Å². The Bertz CT molecular complexity index is 248. The van der Waals surface area contributed by atoms with Crippen LogP contribution in [0.1, 0.15) is 16.8 Å². The molecule has 1 aromatic heterocycles. The van der Waals surface area contributed by atoms with Crippen LogP contribution >= 0.6 is 0 Å². The van der Waals surface area contributed by atoms with Crippen molar-refractivity contribution in [3.05, 3.63) is 34.3 Å². The van der Waals surface area contributed by atoms with Crippen molar-refractivity contribution in [2.75, 3.05) is 0 Å². The molecule has 1 heterocycles. The highest BCUT2D eigenvalue weighted by Gasteiger charge is 2.06. The summed E-state index contributed by atoms with van der Waals surface area (Å²) < 4.78 is 0.838. The number of nitrogens with two attached hydrogens (primary N) is 1. The quantitative estimate of drug-likeness (QED) is 0.467.